The van der Waals surface area contributed by atoms with Crippen molar-refractivity contribution in [2.75, 3.05) is 13.2 Å². The minimum Gasteiger partial charge on any atom is -0.407 e. The summed E-state index contributed by atoms with van der Waals surface area (Å²) in [6.07, 6.45) is 12.1. The smallest absolute Gasteiger partial charge is 0.407 e. The van der Waals surface area contributed by atoms with Crippen molar-refractivity contribution in [1.82, 2.24) is 0 Å². The molecule has 322 valence electrons. The van der Waals surface area contributed by atoms with Crippen LogP contribution in [0.3, 0.4) is 0 Å². The van der Waals surface area contributed by atoms with Crippen molar-refractivity contribution >= 4 is 121 Å². The standard InChI is InChI=1S/C30H30S2.C14H8Br2.C11H17BO2S/c1-3-5-7-21-13-29(31-19-21)25-11-9-23-16-28-18-26(12-10-24(28)15-27(23)17-25)30-14-22(20-32-30)8-6-4-2;15-13-3-1-9-5-12-8-14(16)4-2-10(12)6-11(9)7-13;1-2-3-5-10-8-11(15-9-10)12-13-6-4-7-14-12/h9-20H,3-8H2,1-2H3;1-8H;8-9H,2-7H2,1H3. The van der Waals surface area contributed by atoms with Crippen molar-refractivity contribution < 1.29 is 9.31 Å². The summed E-state index contributed by atoms with van der Waals surface area (Å²) >= 11 is 12.5. The fourth-order valence-corrected chi connectivity index (χ4v) is 11.6. The van der Waals surface area contributed by atoms with Gasteiger partial charge < -0.3 is 9.31 Å². The third-order valence-electron chi connectivity index (χ3n) is 11.6. The summed E-state index contributed by atoms with van der Waals surface area (Å²) in [6, 6.07) is 42.7. The molecule has 1 aliphatic heterocycles. The molecule has 0 aliphatic carbocycles. The van der Waals surface area contributed by atoms with Crippen molar-refractivity contribution in [3.05, 3.63) is 157 Å². The number of hydrogen-bond acceptors (Lipinski definition) is 5. The van der Waals surface area contributed by atoms with Crippen molar-refractivity contribution in [3.63, 3.8) is 0 Å². The number of thiophene rings is 3. The van der Waals surface area contributed by atoms with E-state index in [1.807, 2.05) is 22.7 Å². The predicted molar refractivity (Wildman–Crippen MR) is 287 cm³/mol. The van der Waals surface area contributed by atoms with Gasteiger partial charge in [-0.2, -0.15) is 11.3 Å². The summed E-state index contributed by atoms with van der Waals surface area (Å²) in [6.45, 7) is 8.39. The van der Waals surface area contributed by atoms with E-state index in [0.717, 1.165) is 28.6 Å². The Hall–Kier alpha value is -3.60. The third-order valence-corrected chi connectivity index (χ3v) is 15.6. The molecule has 9 aromatic rings. The highest BCUT2D eigenvalue weighted by Crippen LogP contribution is 2.35. The molecule has 0 atom stereocenters. The van der Waals surface area contributed by atoms with Crippen molar-refractivity contribution in [2.45, 2.75) is 85.0 Å². The Balaban J connectivity index is 0.000000146. The summed E-state index contributed by atoms with van der Waals surface area (Å²) in [5, 5.41) is 17.2. The first kappa shape index (κ1) is 46.0. The van der Waals surface area contributed by atoms with Crippen LogP contribution in [-0.2, 0) is 28.6 Å². The number of unbranched alkanes of at least 4 members (excludes halogenated alkanes) is 3. The molecule has 0 bridgehead atoms. The van der Waals surface area contributed by atoms with Crippen molar-refractivity contribution in [3.8, 4) is 20.9 Å². The predicted octanol–water partition coefficient (Wildman–Crippen LogP) is 17.9. The average molecular weight is 1010 g/mol. The molecule has 4 heterocycles. The first-order valence-electron chi connectivity index (χ1n) is 22.6. The van der Waals surface area contributed by atoms with E-state index in [9.17, 15) is 0 Å². The Morgan fingerprint density at radius 1 is 0.444 bits per heavy atom. The lowest BCUT2D eigenvalue weighted by Gasteiger charge is -2.18. The molecule has 0 spiro atoms. The van der Waals surface area contributed by atoms with Crippen LogP contribution in [0.2, 0.25) is 0 Å². The molecule has 0 amide bonds. The van der Waals surface area contributed by atoms with E-state index in [0.29, 0.717) is 0 Å². The fourth-order valence-electron chi connectivity index (χ4n) is 8.00. The molecular weight excluding hydrogens is 959 g/mol. The van der Waals surface area contributed by atoms with Gasteiger partial charge in [0.05, 0.1) is 0 Å². The van der Waals surface area contributed by atoms with Crippen LogP contribution in [0.25, 0.3) is 64.0 Å². The fraction of sp³-hybridized carbons (Fsp3) is 0.273. The number of fused-ring (bicyclic) bond motifs is 4. The Labute approximate surface area is 403 Å². The van der Waals surface area contributed by atoms with Gasteiger partial charge in [-0.25, -0.2) is 0 Å². The monoisotopic (exact) mass is 1010 g/mol. The van der Waals surface area contributed by atoms with Crippen LogP contribution >= 0.6 is 65.9 Å². The van der Waals surface area contributed by atoms with E-state index in [1.54, 1.807) is 11.3 Å². The topological polar surface area (TPSA) is 18.5 Å². The Morgan fingerprint density at radius 3 is 1.29 bits per heavy atom. The van der Waals surface area contributed by atoms with Gasteiger partial charge in [0.1, 0.15) is 0 Å². The van der Waals surface area contributed by atoms with Gasteiger partial charge >= 0.3 is 7.12 Å². The highest BCUT2D eigenvalue weighted by molar-refractivity contribution is 9.10. The number of aryl methyl sites for hydroxylation is 3. The van der Waals surface area contributed by atoms with E-state index in [2.05, 4.69) is 184 Å². The molecule has 1 fully saturated rings. The number of halogens is 2. The van der Waals surface area contributed by atoms with Crippen LogP contribution in [0.15, 0.2) is 140 Å². The molecule has 10 rings (SSSR count). The molecule has 63 heavy (non-hydrogen) atoms. The largest absolute Gasteiger partial charge is 0.504 e. The lowest BCUT2D eigenvalue weighted by molar-refractivity contribution is 0.144. The van der Waals surface area contributed by atoms with Gasteiger partial charge in [-0.15, -0.1) is 22.7 Å². The van der Waals surface area contributed by atoms with Gasteiger partial charge in [-0.05, 0) is 211 Å². The summed E-state index contributed by atoms with van der Waals surface area (Å²) in [7, 11) is -0.0980. The van der Waals surface area contributed by atoms with Crippen LogP contribution < -0.4 is 4.78 Å². The summed E-state index contributed by atoms with van der Waals surface area (Å²) in [5.74, 6) is 0. The van der Waals surface area contributed by atoms with Gasteiger partial charge in [0, 0.05) is 36.7 Å². The van der Waals surface area contributed by atoms with Gasteiger partial charge in [-0.3, -0.25) is 0 Å². The summed E-state index contributed by atoms with van der Waals surface area (Å²) < 4.78 is 14.6. The molecule has 1 saturated heterocycles. The Morgan fingerprint density at radius 2 is 0.841 bits per heavy atom. The van der Waals surface area contributed by atoms with Gasteiger partial charge in [0.15, 0.2) is 0 Å². The highest BCUT2D eigenvalue weighted by Gasteiger charge is 2.26. The first-order valence-corrected chi connectivity index (χ1v) is 26.8. The molecule has 0 unspecified atom stereocenters. The first-order chi connectivity index (χ1) is 30.8. The second-order valence-electron chi connectivity index (χ2n) is 16.5. The highest BCUT2D eigenvalue weighted by atomic mass is 79.9. The quantitative estimate of drug-likeness (QED) is 0.0897. The molecule has 8 heteroatoms. The van der Waals surface area contributed by atoms with Crippen molar-refractivity contribution in [1.29, 1.82) is 0 Å². The molecule has 6 aromatic carbocycles. The maximum atomic E-state index is 5.57. The minimum absolute atomic E-state index is 0.0980. The number of benzene rings is 6. The normalized spacial score (nSPS) is 12.7. The number of hydrogen-bond donors (Lipinski definition) is 0. The van der Waals surface area contributed by atoms with E-state index in [4.69, 9.17) is 9.31 Å². The molecule has 0 saturated carbocycles. The summed E-state index contributed by atoms with van der Waals surface area (Å²) in [5.41, 5.74) is 7.04. The average Bonchev–Trinajstić information content (AvgIpc) is 4.11. The molecule has 1 aliphatic rings. The van der Waals surface area contributed by atoms with E-state index in [-0.39, 0.29) is 7.12 Å². The zero-order chi connectivity index (χ0) is 43.5. The SMILES string of the molecule is Brc1ccc2cc3cc(Br)ccc3cc2c1.CCCCc1csc(-c2ccc3cc4cc(-c5cc(CCCC)cs5)ccc4cc3c2)c1.CCCCc1csc(B2OCCCO2)c1. The van der Waals surface area contributed by atoms with Crippen LogP contribution in [0, 0.1) is 0 Å². The van der Waals surface area contributed by atoms with Crippen LogP contribution in [0.4, 0.5) is 0 Å². The van der Waals surface area contributed by atoms with E-state index < -0.39 is 0 Å². The third kappa shape index (κ3) is 12.2. The van der Waals surface area contributed by atoms with Gasteiger partial charge in [0.2, 0.25) is 0 Å². The van der Waals surface area contributed by atoms with E-state index >= 15 is 0 Å². The maximum absolute atomic E-state index is 5.57. The lowest BCUT2D eigenvalue weighted by Crippen LogP contribution is -2.39. The molecular formula is C55H55BBr2O2S3. The zero-order valence-corrected chi connectivity index (χ0v) is 42.2. The van der Waals surface area contributed by atoms with Crippen LogP contribution in [-0.4, -0.2) is 20.3 Å². The van der Waals surface area contributed by atoms with E-state index in [1.165, 1.54) is 143 Å². The van der Waals surface area contributed by atoms with Gasteiger partial charge in [-0.1, -0.05) is 108 Å². The Kier molecular flexibility index (Phi) is 16.4. The van der Waals surface area contributed by atoms with Gasteiger partial charge in [0.25, 0.3) is 0 Å². The molecule has 2 nitrogen and oxygen atoms in total. The van der Waals surface area contributed by atoms with Crippen molar-refractivity contribution in [2.24, 2.45) is 0 Å². The molecule has 0 radical (unpaired) electrons. The second kappa shape index (κ2) is 22.5. The Bertz CT molecular complexity index is 2740. The molecule has 3 aromatic heterocycles. The number of rotatable bonds is 12. The van der Waals surface area contributed by atoms with Crippen LogP contribution in [0.5, 0.6) is 0 Å². The maximum Gasteiger partial charge on any atom is 0.504 e. The zero-order valence-electron chi connectivity index (χ0n) is 36.6. The minimum atomic E-state index is -0.0980. The second-order valence-corrected chi connectivity index (χ2v) is 21.1. The van der Waals surface area contributed by atoms with Crippen LogP contribution in [0.1, 0.15) is 82.4 Å². The molecule has 0 N–H and O–H groups in total. The summed E-state index contributed by atoms with van der Waals surface area (Å²) in [4.78, 5) is 2.76. The lowest BCUT2D eigenvalue weighted by atomic mass is 9.85.